The SMILES string of the molecule is CC(N)CCN(CC(F)(F)F)C(C)C. The number of rotatable bonds is 5. The highest BCUT2D eigenvalue weighted by atomic mass is 19.4. The molecule has 0 aromatic rings. The first-order valence-electron chi connectivity index (χ1n) is 4.78. The molecule has 0 heterocycles. The van der Waals surface area contributed by atoms with Crippen molar-refractivity contribution in [3.8, 4) is 0 Å². The van der Waals surface area contributed by atoms with Gasteiger partial charge in [0, 0.05) is 18.6 Å². The summed E-state index contributed by atoms with van der Waals surface area (Å²) in [6.45, 7) is 4.86. The van der Waals surface area contributed by atoms with Gasteiger partial charge in [-0.05, 0) is 27.2 Å². The van der Waals surface area contributed by atoms with Crippen LogP contribution in [-0.4, -0.2) is 36.2 Å². The Hall–Kier alpha value is -0.290. The third-order valence-corrected chi connectivity index (χ3v) is 1.98. The lowest BCUT2D eigenvalue weighted by atomic mass is 10.2. The van der Waals surface area contributed by atoms with E-state index in [1.807, 2.05) is 0 Å². The Morgan fingerprint density at radius 2 is 1.71 bits per heavy atom. The van der Waals surface area contributed by atoms with Gasteiger partial charge in [0.2, 0.25) is 0 Å². The summed E-state index contributed by atoms with van der Waals surface area (Å²) in [5, 5.41) is 0. The fourth-order valence-electron chi connectivity index (χ4n) is 1.12. The van der Waals surface area contributed by atoms with Crippen molar-refractivity contribution in [2.75, 3.05) is 13.1 Å². The van der Waals surface area contributed by atoms with Crippen molar-refractivity contribution < 1.29 is 13.2 Å². The Labute approximate surface area is 83.3 Å². The van der Waals surface area contributed by atoms with Crippen LogP contribution >= 0.6 is 0 Å². The molecule has 1 atom stereocenters. The third-order valence-electron chi connectivity index (χ3n) is 1.98. The second-order valence-corrected chi connectivity index (χ2v) is 3.95. The Morgan fingerprint density at radius 3 is 2.00 bits per heavy atom. The highest BCUT2D eigenvalue weighted by Gasteiger charge is 2.31. The monoisotopic (exact) mass is 212 g/mol. The molecule has 0 spiro atoms. The van der Waals surface area contributed by atoms with Gasteiger partial charge in [-0.1, -0.05) is 0 Å². The van der Waals surface area contributed by atoms with Crippen LogP contribution in [-0.2, 0) is 0 Å². The fraction of sp³-hybridized carbons (Fsp3) is 1.00. The van der Waals surface area contributed by atoms with E-state index in [9.17, 15) is 13.2 Å². The molecule has 2 N–H and O–H groups in total. The molecule has 0 radical (unpaired) electrons. The average molecular weight is 212 g/mol. The van der Waals surface area contributed by atoms with Crippen molar-refractivity contribution in [3.05, 3.63) is 0 Å². The van der Waals surface area contributed by atoms with Crippen LogP contribution in [0.25, 0.3) is 0 Å². The summed E-state index contributed by atoms with van der Waals surface area (Å²) in [6.07, 6.45) is -3.53. The molecule has 0 aromatic carbocycles. The molecular formula is C9H19F3N2. The Morgan fingerprint density at radius 1 is 1.21 bits per heavy atom. The number of halogens is 3. The van der Waals surface area contributed by atoms with Gasteiger partial charge in [0.25, 0.3) is 0 Å². The van der Waals surface area contributed by atoms with Crippen molar-refractivity contribution >= 4 is 0 Å². The highest BCUT2D eigenvalue weighted by molar-refractivity contribution is 4.69. The molecule has 14 heavy (non-hydrogen) atoms. The molecule has 0 fully saturated rings. The number of hydrogen-bond acceptors (Lipinski definition) is 2. The van der Waals surface area contributed by atoms with Crippen LogP contribution in [0, 0.1) is 0 Å². The average Bonchev–Trinajstić information content (AvgIpc) is 1.94. The van der Waals surface area contributed by atoms with Crippen molar-refractivity contribution in [2.45, 2.75) is 45.5 Å². The topological polar surface area (TPSA) is 29.3 Å². The largest absolute Gasteiger partial charge is 0.401 e. The van der Waals surface area contributed by atoms with Gasteiger partial charge in [-0.2, -0.15) is 13.2 Å². The maximum absolute atomic E-state index is 12.1. The predicted molar refractivity (Wildman–Crippen MR) is 51.0 cm³/mol. The first-order valence-corrected chi connectivity index (χ1v) is 4.78. The third kappa shape index (κ3) is 7.15. The van der Waals surface area contributed by atoms with Gasteiger partial charge in [0.15, 0.2) is 0 Å². The lowest BCUT2D eigenvalue weighted by molar-refractivity contribution is -0.149. The van der Waals surface area contributed by atoms with E-state index in [1.54, 1.807) is 20.8 Å². The molecule has 0 aromatic heterocycles. The summed E-state index contributed by atoms with van der Waals surface area (Å²) < 4.78 is 36.4. The summed E-state index contributed by atoms with van der Waals surface area (Å²) in [4.78, 5) is 1.39. The summed E-state index contributed by atoms with van der Waals surface area (Å²) >= 11 is 0. The Bertz CT molecular complexity index is 155. The second kappa shape index (κ2) is 5.56. The predicted octanol–water partition coefficient (Wildman–Crippen LogP) is 2.00. The smallest absolute Gasteiger partial charge is 0.328 e. The molecule has 2 nitrogen and oxygen atoms in total. The van der Waals surface area contributed by atoms with E-state index in [-0.39, 0.29) is 12.1 Å². The van der Waals surface area contributed by atoms with Gasteiger partial charge in [0.1, 0.15) is 0 Å². The molecule has 0 aliphatic heterocycles. The van der Waals surface area contributed by atoms with Crippen molar-refractivity contribution in [1.82, 2.24) is 4.90 Å². The van der Waals surface area contributed by atoms with Crippen LogP contribution in [0.15, 0.2) is 0 Å². The van der Waals surface area contributed by atoms with Gasteiger partial charge >= 0.3 is 6.18 Å². The molecule has 5 heteroatoms. The molecule has 86 valence electrons. The van der Waals surface area contributed by atoms with Gasteiger partial charge < -0.3 is 5.73 Å². The standard InChI is InChI=1S/C9H19F3N2/c1-7(2)14(5-4-8(3)13)6-9(10,11)12/h7-8H,4-6,13H2,1-3H3. The zero-order valence-corrected chi connectivity index (χ0v) is 8.93. The number of hydrogen-bond donors (Lipinski definition) is 1. The minimum atomic E-state index is -4.12. The lowest BCUT2D eigenvalue weighted by Gasteiger charge is -2.27. The first kappa shape index (κ1) is 13.7. The number of nitrogens with zero attached hydrogens (tertiary/aromatic N) is 1. The maximum atomic E-state index is 12.1. The summed E-state index contributed by atoms with van der Waals surface area (Å²) in [6, 6.07) is -0.153. The van der Waals surface area contributed by atoms with Crippen LogP contribution in [0.4, 0.5) is 13.2 Å². The Kier molecular flexibility index (Phi) is 5.44. The summed E-state index contributed by atoms with van der Waals surface area (Å²) in [5.74, 6) is 0. The van der Waals surface area contributed by atoms with E-state index in [4.69, 9.17) is 5.73 Å². The molecule has 0 bridgehead atoms. The van der Waals surface area contributed by atoms with Crippen LogP contribution in [0.3, 0.4) is 0 Å². The molecule has 0 aliphatic carbocycles. The second-order valence-electron chi connectivity index (χ2n) is 3.95. The van der Waals surface area contributed by atoms with E-state index in [0.717, 1.165) is 0 Å². The van der Waals surface area contributed by atoms with Gasteiger partial charge in [-0.25, -0.2) is 0 Å². The van der Waals surface area contributed by atoms with Crippen LogP contribution in [0.2, 0.25) is 0 Å². The quantitative estimate of drug-likeness (QED) is 0.755. The molecule has 0 saturated heterocycles. The van der Waals surface area contributed by atoms with Gasteiger partial charge in [0.05, 0.1) is 6.54 Å². The number of nitrogens with two attached hydrogens (primary N) is 1. The molecule has 0 rings (SSSR count). The van der Waals surface area contributed by atoms with Crippen molar-refractivity contribution in [1.29, 1.82) is 0 Å². The van der Waals surface area contributed by atoms with Gasteiger partial charge in [-0.15, -0.1) is 0 Å². The summed E-state index contributed by atoms with van der Waals surface area (Å²) in [7, 11) is 0. The van der Waals surface area contributed by atoms with E-state index in [2.05, 4.69) is 0 Å². The zero-order chi connectivity index (χ0) is 11.4. The minimum absolute atomic E-state index is 0.0514. The normalized spacial score (nSPS) is 15.2. The molecule has 0 amide bonds. The fourth-order valence-corrected chi connectivity index (χ4v) is 1.12. The van der Waals surface area contributed by atoms with Crippen molar-refractivity contribution in [3.63, 3.8) is 0 Å². The van der Waals surface area contributed by atoms with E-state index in [1.165, 1.54) is 4.90 Å². The molecule has 0 saturated carbocycles. The highest BCUT2D eigenvalue weighted by Crippen LogP contribution is 2.18. The van der Waals surface area contributed by atoms with E-state index < -0.39 is 12.7 Å². The van der Waals surface area contributed by atoms with Crippen LogP contribution < -0.4 is 5.73 Å². The van der Waals surface area contributed by atoms with Gasteiger partial charge in [-0.3, -0.25) is 4.90 Å². The Balaban J connectivity index is 4.03. The maximum Gasteiger partial charge on any atom is 0.401 e. The van der Waals surface area contributed by atoms with Crippen LogP contribution in [0.5, 0.6) is 0 Å². The molecule has 1 unspecified atom stereocenters. The van der Waals surface area contributed by atoms with Crippen molar-refractivity contribution in [2.24, 2.45) is 5.73 Å². The number of alkyl halides is 3. The summed E-state index contributed by atoms with van der Waals surface area (Å²) in [5.41, 5.74) is 5.50. The zero-order valence-electron chi connectivity index (χ0n) is 8.93. The molecular weight excluding hydrogens is 193 g/mol. The first-order chi connectivity index (χ1) is 6.22. The minimum Gasteiger partial charge on any atom is -0.328 e. The molecule has 0 aliphatic rings. The van der Waals surface area contributed by atoms with E-state index in [0.29, 0.717) is 13.0 Å². The van der Waals surface area contributed by atoms with Crippen LogP contribution in [0.1, 0.15) is 27.2 Å². The lowest BCUT2D eigenvalue weighted by Crippen LogP contribution is -2.41. The van der Waals surface area contributed by atoms with E-state index >= 15 is 0 Å².